The molecule has 3 aliphatic rings. The van der Waals surface area contributed by atoms with Crippen molar-refractivity contribution in [2.24, 2.45) is 5.92 Å². The first-order valence-electron chi connectivity index (χ1n) is 11.1. The van der Waals surface area contributed by atoms with Crippen molar-refractivity contribution < 1.29 is 4.79 Å². The van der Waals surface area contributed by atoms with Crippen LogP contribution < -0.4 is 4.90 Å². The zero-order valence-electron chi connectivity index (χ0n) is 17.4. The van der Waals surface area contributed by atoms with Crippen LogP contribution in [0.15, 0.2) is 30.3 Å². The first kappa shape index (κ1) is 18.7. The number of benzene rings is 1. The highest BCUT2D eigenvalue weighted by Crippen LogP contribution is 2.32. The second-order valence-corrected chi connectivity index (χ2v) is 8.63. The number of hydrogen-bond acceptors (Lipinski definition) is 4. The fraction of sp³-hybridized carbons (Fsp3) is 0.565. The Balaban J connectivity index is 1.30. The van der Waals surface area contributed by atoms with Crippen LogP contribution in [-0.2, 0) is 19.5 Å². The molecule has 1 amide bonds. The van der Waals surface area contributed by atoms with E-state index < -0.39 is 0 Å². The zero-order valence-corrected chi connectivity index (χ0v) is 17.4. The lowest BCUT2D eigenvalue weighted by Crippen LogP contribution is -2.49. The average molecular weight is 394 g/mol. The van der Waals surface area contributed by atoms with E-state index in [1.165, 1.54) is 36.3 Å². The number of carbonyl (C=O) groups excluding carboxylic acids is 1. The van der Waals surface area contributed by atoms with E-state index in [1.54, 1.807) is 0 Å². The summed E-state index contributed by atoms with van der Waals surface area (Å²) in [6.07, 6.45) is 3.75. The van der Waals surface area contributed by atoms with Gasteiger partial charge in [-0.3, -0.25) is 14.4 Å². The molecule has 29 heavy (non-hydrogen) atoms. The van der Waals surface area contributed by atoms with Gasteiger partial charge in [-0.1, -0.05) is 18.2 Å². The van der Waals surface area contributed by atoms with Crippen molar-refractivity contribution in [2.45, 2.75) is 39.3 Å². The van der Waals surface area contributed by atoms with E-state index >= 15 is 0 Å². The molecule has 154 valence electrons. The van der Waals surface area contributed by atoms with Gasteiger partial charge in [0.2, 0.25) is 0 Å². The van der Waals surface area contributed by atoms with Crippen molar-refractivity contribution in [3.8, 4) is 0 Å². The summed E-state index contributed by atoms with van der Waals surface area (Å²) in [4.78, 5) is 20.3. The van der Waals surface area contributed by atoms with Crippen molar-refractivity contribution in [2.75, 3.05) is 44.2 Å². The molecule has 2 aliphatic heterocycles. The summed E-state index contributed by atoms with van der Waals surface area (Å²) in [6.45, 7) is 9.38. The van der Waals surface area contributed by atoms with E-state index in [2.05, 4.69) is 45.7 Å². The second-order valence-electron chi connectivity index (χ2n) is 8.63. The Morgan fingerprint density at radius 2 is 1.83 bits per heavy atom. The highest BCUT2D eigenvalue weighted by Gasteiger charge is 2.33. The van der Waals surface area contributed by atoms with Crippen LogP contribution in [0.1, 0.15) is 41.5 Å². The van der Waals surface area contributed by atoms with Crippen LogP contribution in [0.25, 0.3) is 0 Å². The summed E-state index contributed by atoms with van der Waals surface area (Å²) in [5.41, 5.74) is 4.42. The third-order valence-corrected chi connectivity index (χ3v) is 6.62. The molecule has 0 bridgehead atoms. The number of aromatic nitrogens is 2. The van der Waals surface area contributed by atoms with E-state index in [9.17, 15) is 4.79 Å². The molecule has 5 rings (SSSR count). The van der Waals surface area contributed by atoms with Crippen LogP contribution in [0.5, 0.6) is 0 Å². The van der Waals surface area contributed by atoms with Crippen LogP contribution in [0.4, 0.5) is 5.69 Å². The monoisotopic (exact) mass is 393 g/mol. The Kier molecular flexibility index (Phi) is 5.04. The highest BCUT2D eigenvalue weighted by molar-refractivity contribution is 5.94. The van der Waals surface area contributed by atoms with Gasteiger partial charge in [0, 0.05) is 75.7 Å². The maximum absolute atomic E-state index is 13.4. The van der Waals surface area contributed by atoms with Crippen molar-refractivity contribution in [1.29, 1.82) is 0 Å². The lowest BCUT2D eigenvalue weighted by molar-refractivity contribution is 0.0737. The number of fused-ring (bicyclic) bond motifs is 1. The number of nitrogens with zero attached hydrogens (tertiary/aromatic N) is 5. The molecule has 0 N–H and O–H groups in total. The van der Waals surface area contributed by atoms with Gasteiger partial charge in [0.1, 0.15) is 0 Å². The van der Waals surface area contributed by atoms with Gasteiger partial charge >= 0.3 is 0 Å². The van der Waals surface area contributed by atoms with Crippen LogP contribution >= 0.6 is 0 Å². The molecule has 6 heteroatoms. The van der Waals surface area contributed by atoms with Gasteiger partial charge in [-0.25, -0.2) is 0 Å². The molecule has 3 heterocycles. The molecule has 1 aliphatic carbocycles. The molecule has 6 nitrogen and oxygen atoms in total. The van der Waals surface area contributed by atoms with E-state index in [0.717, 1.165) is 58.2 Å². The third-order valence-electron chi connectivity index (χ3n) is 6.62. The first-order chi connectivity index (χ1) is 14.2. The van der Waals surface area contributed by atoms with Gasteiger partial charge in [-0.2, -0.15) is 5.10 Å². The minimum absolute atomic E-state index is 0.120. The number of hydrogen-bond donors (Lipinski definition) is 0. The Labute approximate surface area is 173 Å². The Hall–Kier alpha value is -2.34. The largest absolute Gasteiger partial charge is 0.368 e. The van der Waals surface area contributed by atoms with Gasteiger partial charge in [0.05, 0.1) is 0 Å². The van der Waals surface area contributed by atoms with Crippen molar-refractivity contribution in [1.82, 2.24) is 19.6 Å². The van der Waals surface area contributed by atoms with E-state index in [1.807, 2.05) is 11.0 Å². The number of anilines is 1. The van der Waals surface area contributed by atoms with E-state index in [4.69, 9.17) is 5.10 Å². The number of aryl methyl sites for hydroxylation is 1. The molecule has 0 spiro atoms. The van der Waals surface area contributed by atoms with Gasteiger partial charge in [-0.05, 0) is 37.8 Å². The van der Waals surface area contributed by atoms with Crippen LogP contribution in [0.2, 0.25) is 0 Å². The van der Waals surface area contributed by atoms with Crippen LogP contribution in [0.3, 0.4) is 0 Å². The summed E-state index contributed by atoms with van der Waals surface area (Å²) in [6, 6.07) is 10.5. The fourth-order valence-electron chi connectivity index (χ4n) is 4.76. The first-order valence-corrected chi connectivity index (χ1v) is 11.1. The Bertz CT molecular complexity index is 865. The van der Waals surface area contributed by atoms with E-state index in [-0.39, 0.29) is 5.91 Å². The second kappa shape index (κ2) is 7.82. The van der Waals surface area contributed by atoms with E-state index in [0.29, 0.717) is 5.69 Å². The molecule has 1 saturated heterocycles. The van der Waals surface area contributed by atoms with Gasteiger partial charge < -0.3 is 9.80 Å². The number of rotatable bonds is 5. The Morgan fingerprint density at radius 1 is 1.07 bits per heavy atom. The smallest absolute Gasteiger partial charge is 0.274 e. The summed E-state index contributed by atoms with van der Waals surface area (Å²) >= 11 is 0. The fourth-order valence-corrected chi connectivity index (χ4v) is 4.76. The summed E-state index contributed by atoms with van der Waals surface area (Å²) in [5.74, 6) is 0.998. The molecular formula is C23H31N5O. The molecule has 0 radical (unpaired) electrons. The van der Waals surface area contributed by atoms with Gasteiger partial charge in [-0.15, -0.1) is 0 Å². The maximum Gasteiger partial charge on any atom is 0.274 e. The highest BCUT2D eigenvalue weighted by atomic mass is 16.2. The minimum atomic E-state index is 0.120. The topological polar surface area (TPSA) is 44.6 Å². The molecule has 1 saturated carbocycles. The molecule has 2 fully saturated rings. The van der Waals surface area contributed by atoms with Crippen LogP contribution in [-0.4, -0.2) is 64.8 Å². The predicted octanol–water partition coefficient (Wildman–Crippen LogP) is 2.63. The summed E-state index contributed by atoms with van der Waals surface area (Å²) < 4.78 is 2.07. The lowest BCUT2D eigenvalue weighted by Gasteiger charge is -2.36. The molecule has 2 aromatic rings. The zero-order chi connectivity index (χ0) is 19.8. The standard InChI is InChI=1S/C23H31N5O/c1-2-28-21-10-11-25(16-18-8-9-18)17-20(21)22(24-28)23(29)27-14-12-26(13-15-27)19-6-4-3-5-7-19/h3-7,18H,2,8-17H2,1H3. The number of para-hydroxylation sites is 1. The third kappa shape index (κ3) is 3.78. The summed E-state index contributed by atoms with van der Waals surface area (Å²) in [7, 11) is 0. The van der Waals surface area contributed by atoms with Gasteiger partial charge in [0.25, 0.3) is 5.91 Å². The van der Waals surface area contributed by atoms with Gasteiger partial charge in [0.15, 0.2) is 5.69 Å². The maximum atomic E-state index is 13.4. The molecular weight excluding hydrogens is 362 g/mol. The predicted molar refractivity (Wildman–Crippen MR) is 114 cm³/mol. The number of carbonyl (C=O) groups is 1. The summed E-state index contributed by atoms with van der Waals surface area (Å²) in [5, 5.41) is 4.78. The number of amides is 1. The van der Waals surface area contributed by atoms with Crippen molar-refractivity contribution >= 4 is 11.6 Å². The average Bonchev–Trinajstić information content (AvgIpc) is 3.52. The minimum Gasteiger partial charge on any atom is -0.368 e. The number of piperazine rings is 1. The quantitative estimate of drug-likeness (QED) is 0.783. The van der Waals surface area contributed by atoms with Crippen molar-refractivity contribution in [3.63, 3.8) is 0 Å². The molecule has 1 aromatic heterocycles. The molecule has 0 unspecified atom stereocenters. The lowest BCUT2D eigenvalue weighted by atomic mass is 10.0. The van der Waals surface area contributed by atoms with Crippen molar-refractivity contribution in [3.05, 3.63) is 47.3 Å². The molecule has 1 aromatic carbocycles. The molecule has 0 atom stereocenters. The Morgan fingerprint density at radius 3 is 2.52 bits per heavy atom. The normalized spacial score (nSPS) is 20.0. The van der Waals surface area contributed by atoms with Crippen LogP contribution in [0, 0.1) is 5.92 Å². The SMILES string of the molecule is CCn1nc(C(=O)N2CCN(c3ccccc3)CC2)c2c1CCN(CC1CC1)C2.